The molecule has 0 spiro atoms. The first-order valence-corrected chi connectivity index (χ1v) is 6.99. The van der Waals surface area contributed by atoms with Crippen molar-refractivity contribution in [2.45, 2.75) is 26.7 Å². The summed E-state index contributed by atoms with van der Waals surface area (Å²) >= 11 is 3.44. The van der Waals surface area contributed by atoms with Crippen LogP contribution in [0.1, 0.15) is 26.0 Å². The molecule has 0 saturated carbocycles. The minimum Gasteiger partial charge on any atom is -0.382 e. The van der Waals surface area contributed by atoms with E-state index in [1.54, 1.807) is 0 Å². The Morgan fingerprint density at radius 2 is 2.00 bits per heavy atom. The van der Waals surface area contributed by atoms with E-state index < -0.39 is 0 Å². The Kier molecular flexibility index (Phi) is 4.07. The summed E-state index contributed by atoms with van der Waals surface area (Å²) in [7, 11) is 0. The lowest BCUT2D eigenvalue weighted by Gasteiger charge is -2.09. The molecular weight excluding hydrogens is 290 g/mol. The Morgan fingerprint density at radius 3 is 2.61 bits per heavy atom. The molecule has 1 unspecified atom stereocenters. The molecule has 3 nitrogen and oxygen atoms in total. The minimum absolute atomic E-state index is 0.579. The summed E-state index contributed by atoms with van der Waals surface area (Å²) in [6, 6.07) is 8.17. The summed E-state index contributed by atoms with van der Waals surface area (Å²) in [5.74, 6) is 1.20. The van der Waals surface area contributed by atoms with Crippen LogP contribution in [0.15, 0.2) is 28.7 Å². The summed E-state index contributed by atoms with van der Waals surface area (Å²) in [6.07, 6.45) is 2.13. The van der Waals surface area contributed by atoms with Crippen LogP contribution in [0.4, 0.5) is 5.82 Å². The van der Waals surface area contributed by atoms with Gasteiger partial charge >= 0.3 is 0 Å². The van der Waals surface area contributed by atoms with Gasteiger partial charge in [0, 0.05) is 15.7 Å². The van der Waals surface area contributed by atoms with Crippen molar-refractivity contribution in [3.05, 3.63) is 34.4 Å². The molecule has 2 rings (SSSR count). The van der Waals surface area contributed by atoms with E-state index in [4.69, 9.17) is 5.73 Å². The number of hydrogen-bond donors (Lipinski definition) is 2. The summed E-state index contributed by atoms with van der Waals surface area (Å²) in [5.41, 5.74) is 9.26. The third-order valence-corrected chi connectivity index (χ3v) is 3.78. The van der Waals surface area contributed by atoms with E-state index >= 15 is 0 Å². The van der Waals surface area contributed by atoms with Crippen molar-refractivity contribution >= 4 is 21.7 Å². The largest absolute Gasteiger partial charge is 0.382 e. The predicted octanol–water partition coefficient (Wildman–Crippen LogP) is 4.01. The Hall–Kier alpha value is -1.29. The molecule has 0 amide bonds. The molecule has 1 aromatic carbocycles. The van der Waals surface area contributed by atoms with Crippen LogP contribution < -0.4 is 5.73 Å². The second-order valence-corrected chi connectivity index (χ2v) is 5.60. The van der Waals surface area contributed by atoms with E-state index in [1.165, 1.54) is 0 Å². The third kappa shape index (κ3) is 2.75. The number of hydrogen-bond acceptors (Lipinski definition) is 2. The maximum atomic E-state index is 5.97. The third-order valence-electron chi connectivity index (χ3n) is 3.25. The van der Waals surface area contributed by atoms with Crippen LogP contribution in [0.5, 0.6) is 0 Å². The van der Waals surface area contributed by atoms with Gasteiger partial charge in [0.15, 0.2) is 5.82 Å². The van der Waals surface area contributed by atoms with Gasteiger partial charge < -0.3 is 5.73 Å². The van der Waals surface area contributed by atoms with Gasteiger partial charge in [-0.25, -0.2) is 0 Å². The fourth-order valence-corrected chi connectivity index (χ4v) is 2.24. The quantitative estimate of drug-likeness (QED) is 0.896. The highest BCUT2D eigenvalue weighted by molar-refractivity contribution is 9.10. The first-order valence-electron chi connectivity index (χ1n) is 6.20. The second kappa shape index (κ2) is 5.57. The summed E-state index contributed by atoms with van der Waals surface area (Å²) in [5, 5.41) is 7.21. The van der Waals surface area contributed by atoms with Crippen LogP contribution in [0.2, 0.25) is 0 Å². The van der Waals surface area contributed by atoms with Crippen molar-refractivity contribution in [1.29, 1.82) is 0 Å². The molecule has 0 aliphatic heterocycles. The highest BCUT2D eigenvalue weighted by atomic mass is 79.9. The summed E-state index contributed by atoms with van der Waals surface area (Å²) < 4.78 is 1.07. The maximum Gasteiger partial charge on any atom is 0.153 e. The highest BCUT2D eigenvalue weighted by Crippen LogP contribution is 2.30. The molecule has 2 aromatic rings. The van der Waals surface area contributed by atoms with Crippen LogP contribution in [-0.2, 0) is 6.42 Å². The van der Waals surface area contributed by atoms with Gasteiger partial charge in [-0.2, -0.15) is 5.10 Å². The Bertz CT molecular complexity index is 516. The Morgan fingerprint density at radius 1 is 1.33 bits per heavy atom. The van der Waals surface area contributed by atoms with Gasteiger partial charge in [-0.3, -0.25) is 5.10 Å². The number of aromatic nitrogens is 2. The SMILES string of the molecule is CCC(C)Cc1[nH]nc(N)c1-c1ccc(Br)cc1. The van der Waals surface area contributed by atoms with Crippen LogP contribution in [0, 0.1) is 5.92 Å². The number of benzene rings is 1. The molecule has 0 fully saturated rings. The van der Waals surface area contributed by atoms with Gasteiger partial charge in [0.2, 0.25) is 0 Å². The molecule has 1 heterocycles. The highest BCUT2D eigenvalue weighted by Gasteiger charge is 2.14. The minimum atomic E-state index is 0.579. The smallest absolute Gasteiger partial charge is 0.153 e. The van der Waals surface area contributed by atoms with E-state index in [1.807, 2.05) is 12.1 Å². The zero-order chi connectivity index (χ0) is 13.1. The summed E-state index contributed by atoms with van der Waals surface area (Å²) in [4.78, 5) is 0. The fraction of sp³-hybridized carbons (Fsp3) is 0.357. The molecule has 0 aliphatic rings. The lowest BCUT2D eigenvalue weighted by Crippen LogP contribution is -2.00. The van der Waals surface area contributed by atoms with E-state index in [-0.39, 0.29) is 0 Å². The molecule has 1 atom stereocenters. The fourth-order valence-electron chi connectivity index (χ4n) is 1.97. The van der Waals surface area contributed by atoms with Gasteiger partial charge in [0.05, 0.1) is 0 Å². The number of nitrogens with zero attached hydrogens (tertiary/aromatic N) is 1. The average Bonchev–Trinajstić information content (AvgIpc) is 2.72. The average molecular weight is 308 g/mol. The first-order chi connectivity index (χ1) is 8.61. The van der Waals surface area contributed by atoms with Crippen LogP contribution in [0.25, 0.3) is 11.1 Å². The number of nitrogens with two attached hydrogens (primary N) is 1. The van der Waals surface area contributed by atoms with Crippen molar-refractivity contribution in [2.24, 2.45) is 5.92 Å². The molecule has 18 heavy (non-hydrogen) atoms. The molecule has 96 valence electrons. The Balaban J connectivity index is 2.37. The number of anilines is 1. The normalized spacial score (nSPS) is 12.6. The van der Waals surface area contributed by atoms with Gasteiger partial charge in [0.25, 0.3) is 0 Å². The number of H-pyrrole nitrogens is 1. The molecular formula is C14H18BrN3. The van der Waals surface area contributed by atoms with Crippen molar-refractivity contribution < 1.29 is 0 Å². The van der Waals surface area contributed by atoms with Crippen molar-refractivity contribution in [1.82, 2.24) is 10.2 Å². The van der Waals surface area contributed by atoms with E-state index in [2.05, 4.69) is 52.1 Å². The van der Waals surface area contributed by atoms with Gasteiger partial charge in [0.1, 0.15) is 0 Å². The molecule has 0 radical (unpaired) electrons. The van der Waals surface area contributed by atoms with Gasteiger partial charge in [-0.1, -0.05) is 48.3 Å². The van der Waals surface area contributed by atoms with Crippen molar-refractivity contribution in [3.8, 4) is 11.1 Å². The summed E-state index contributed by atoms with van der Waals surface area (Å²) in [6.45, 7) is 4.44. The van der Waals surface area contributed by atoms with Crippen LogP contribution >= 0.6 is 15.9 Å². The van der Waals surface area contributed by atoms with Crippen molar-refractivity contribution in [2.75, 3.05) is 5.73 Å². The molecule has 0 bridgehead atoms. The van der Waals surface area contributed by atoms with Gasteiger partial charge in [-0.15, -0.1) is 0 Å². The standard InChI is InChI=1S/C14H18BrN3/c1-3-9(2)8-12-13(14(16)18-17-12)10-4-6-11(15)7-5-10/h4-7,9H,3,8H2,1-2H3,(H3,16,17,18). The molecule has 0 aliphatic carbocycles. The number of rotatable bonds is 4. The van der Waals surface area contributed by atoms with E-state index in [9.17, 15) is 0 Å². The topological polar surface area (TPSA) is 54.7 Å². The molecule has 0 saturated heterocycles. The number of nitrogen functional groups attached to an aromatic ring is 1. The van der Waals surface area contributed by atoms with E-state index in [0.29, 0.717) is 11.7 Å². The zero-order valence-electron chi connectivity index (χ0n) is 10.7. The molecule has 3 N–H and O–H groups in total. The lowest BCUT2D eigenvalue weighted by molar-refractivity contribution is 0.552. The first kappa shape index (κ1) is 13.1. The molecule has 4 heteroatoms. The van der Waals surface area contributed by atoms with Crippen LogP contribution in [0.3, 0.4) is 0 Å². The van der Waals surface area contributed by atoms with E-state index in [0.717, 1.165) is 34.1 Å². The molecule has 1 aromatic heterocycles. The number of nitrogens with one attached hydrogen (secondary N) is 1. The zero-order valence-corrected chi connectivity index (χ0v) is 12.3. The lowest BCUT2D eigenvalue weighted by atomic mass is 9.97. The Labute approximate surface area is 116 Å². The predicted molar refractivity (Wildman–Crippen MR) is 79.3 cm³/mol. The van der Waals surface area contributed by atoms with Crippen LogP contribution in [-0.4, -0.2) is 10.2 Å². The number of halogens is 1. The maximum absolute atomic E-state index is 5.97. The van der Waals surface area contributed by atoms with Gasteiger partial charge in [-0.05, 0) is 30.0 Å². The van der Waals surface area contributed by atoms with Crippen molar-refractivity contribution in [3.63, 3.8) is 0 Å². The monoisotopic (exact) mass is 307 g/mol. The second-order valence-electron chi connectivity index (χ2n) is 4.69. The number of aromatic amines is 1.